The minimum Gasteiger partial charge on any atom is -0.489 e. The number of amides is 1. The summed E-state index contributed by atoms with van der Waals surface area (Å²) in [6, 6.07) is 24.1. The first-order valence-electron chi connectivity index (χ1n) is 9.01. The molecule has 3 aromatic carbocycles. The Balaban J connectivity index is 1.66. The standard InChI is InChI=1S/C24H19ClN2O2/c1-17-5-2-3-8-23(17)27-24(28)20(15-26)13-18-9-11-22(12-10-18)29-16-19-6-4-7-21(25)14-19/h2-14H,16H2,1H3,(H,27,28)/b20-13+. The van der Waals surface area contributed by atoms with Gasteiger partial charge in [-0.3, -0.25) is 4.79 Å². The van der Waals surface area contributed by atoms with Crippen molar-refractivity contribution in [3.63, 3.8) is 0 Å². The number of ether oxygens (including phenoxy) is 1. The van der Waals surface area contributed by atoms with Gasteiger partial charge in [0.1, 0.15) is 24.0 Å². The van der Waals surface area contributed by atoms with Gasteiger partial charge in [-0.1, -0.05) is 54.1 Å². The van der Waals surface area contributed by atoms with Crippen molar-refractivity contribution >= 4 is 29.3 Å². The predicted octanol–water partition coefficient (Wildman–Crippen LogP) is 5.77. The number of hydrogen-bond donors (Lipinski definition) is 1. The average molecular weight is 403 g/mol. The molecule has 3 aromatic rings. The van der Waals surface area contributed by atoms with Gasteiger partial charge >= 0.3 is 0 Å². The van der Waals surface area contributed by atoms with Gasteiger partial charge in [-0.2, -0.15) is 5.26 Å². The molecule has 0 heterocycles. The molecule has 0 aliphatic carbocycles. The number of aryl methyl sites for hydroxylation is 1. The molecule has 0 spiro atoms. The zero-order chi connectivity index (χ0) is 20.6. The van der Waals surface area contributed by atoms with E-state index in [9.17, 15) is 10.1 Å². The van der Waals surface area contributed by atoms with Gasteiger partial charge in [0.05, 0.1) is 0 Å². The Bertz CT molecular complexity index is 1080. The van der Waals surface area contributed by atoms with E-state index < -0.39 is 5.91 Å². The highest BCUT2D eigenvalue weighted by molar-refractivity contribution is 6.30. The Morgan fingerprint density at radius 3 is 2.55 bits per heavy atom. The lowest BCUT2D eigenvalue weighted by Gasteiger charge is -2.08. The summed E-state index contributed by atoms with van der Waals surface area (Å²) in [5.41, 5.74) is 3.35. The number of hydrogen-bond acceptors (Lipinski definition) is 3. The maximum Gasteiger partial charge on any atom is 0.266 e. The zero-order valence-electron chi connectivity index (χ0n) is 15.9. The minimum atomic E-state index is -0.442. The minimum absolute atomic E-state index is 0.0286. The van der Waals surface area contributed by atoms with E-state index in [0.717, 1.165) is 16.7 Å². The van der Waals surface area contributed by atoms with Gasteiger partial charge in [0, 0.05) is 10.7 Å². The Kier molecular flexibility index (Phi) is 6.67. The molecule has 0 aliphatic rings. The van der Waals surface area contributed by atoms with E-state index in [4.69, 9.17) is 16.3 Å². The summed E-state index contributed by atoms with van der Waals surface area (Å²) < 4.78 is 5.75. The molecule has 1 N–H and O–H groups in total. The molecule has 4 nitrogen and oxygen atoms in total. The van der Waals surface area contributed by atoms with E-state index in [1.54, 1.807) is 36.4 Å². The van der Waals surface area contributed by atoms with Crippen LogP contribution in [0.4, 0.5) is 5.69 Å². The third kappa shape index (κ3) is 5.71. The number of rotatable bonds is 6. The molecule has 1 amide bonds. The third-order valence-corrected chi connectivity index (χ3v) is 4.48. The van der Waals surface area contributed by atoms with Crippen LogP contribution in [0.2, 0.25) is 5.02 Å². The van der Waals surface area contributed by atoms with Crippen molar-refractivity contribution in [1.29, 1.82) is 5.26 Å². The SMILES string of the molecule is Cc1ccccc1NC(=O)/C(C#N)=C/c1ccc(OCc2cccc(Cl)c2)cc1. The second-order valence-electron chi connectivity index (χ2n) is 6.43. The van der Waals surface area contributed by atoms with Gasteiger partial charge in [0.2, 0.25) is 0 Å². The summed E-state index contributed by atoms with van der Waals surface area (Å²) in [5.74, 6) is 0.244. The molecule has 144 valence electrons. The van der Waals surface area contributed by atoms with Crippen LogP contribution in [0.5, 0.6) is 5.75 Å². The lowest BCUT2D eigenvalue weighted by Crippen LogP contribution is -2.14. The van der Waals surface area contributed by atoms with E-state index >= 15 is 0 Å². The molecule has 0 saturated heterocycles. The maximum absolute atomic E-state index is 12.4. The molecule has 29 heavy (non-hydrogen) atoms. The number of halogens is 1. The van der Waals surface area contributed by atoms with Crippen LogP contribution in [0, 0.1) is 18.3 Å². The second kappa shape index (κ2) is 9.59. The van der Waals surface area contributed by atoms with E-state index in [1.165, 1.54) is 0 Å². The number of nitrogens with one attached hydrogen (secondary N) is 1. The number of anilines is 1. The smallest absolute Gasteiger partial charge is 0.266 e. The van der Waals surface area contributed by atoms with E-state index in [1.807, 2.05) is 55.5 Å². The highest BCUT2D eigenvalue weighted by Crippen LogP contribution is 2.19. The molecular formula is C24H19ClN2O2. The van der Waals surface area contributed by atoms with Crippen LogP contribution in [0.1, 0.15) is 16.7 Å². The summed E-state index contributed by atoms with van der Waals surface area (Å²) in [6.45, 7) is 2.30. The van der Waals surface area contributed by atoms with Crippen LogP contribution in [0.3, 0.4) is 0 Å². The predicted molar refractivity (Wildman–Crippen MR) is 116 cm³/mol. The monoisotopic (exact) mass is 402 g/mol. The van der Waals surface area contributed by atoms with Crippen molar-refractivity contribution in [3.05, 3.63) is 100 Å². The Hall–Kier alpha value is -3.55. The lowest BCUT2D eigenvalue weighted by molar-refractivity contribution is -0.112. The summed E-state index contributed by atoms with van der Waals surface area (Å²) >= 11 is 5.97. The summed E-state index contributed by atoms with van der Waals surface area (Å²) in [7, 11) is 0. The summed E-state index contributed by atoms with van der Waals surface area (Å²) in [5, 5.41) is 12.8. The average Bonchev–Trinajstić information content (AvgIpc) is 2.73. The first kappa shape index (κ1) is 20.2. The number of nitrogens with zero attached hydrogens (tertiary/aromatic N) is 1. The number of benzene rings is 3. The van der Waals surface area contributed by atoms with Gasteiger partial charge in [0.25, 0.3) is 5.91 Å². The summed E-state index contributed by atoms with van der Waals surface area (Å²) in [6.07, 6.45) is 1.55. The zero-order valence-corrected chi connectivity index (χ0v) is 16.6. The molecule has 5 heteroatoms. The number of carbonyl (C=O) groups excluding carboxylic acids is 1. The van der Waals surface area contributed by atoms with Crippen molar-refractivity contribution < 1.29 is 9.53 Å². The largest absolute Gasteiger partial charge is 0.489 e. The van der Waals surface area contributed by atoms with Gasteiger partial charge < -0.3 is 10.1 Å². The van der Waals surface area contributed by atoms with Crippen molar-refractivity contribution in [2.45, 2.75) is 13.5 Å². The van der Waals surface area contributed by atoms with Crippen LogP contribution < -0.4 is 10.1 Å². The van der Waals surface area contributed by atoms with Crippen LogP contribution in [0.15, 0.2) is 78.4 Å². The molecule has 0 unspecified atom stereocenters. The third-order valence-electron chi connectivity index (χ3n) is 4.24. The Labute approximate surface area is 175 Å². The fourth-order valence-electron chi connectivity index (χ4n) is 2.67. The van der Waals surface area contributed by atoms with Crippen molar-refractivity contribution in [2.24, 2.45) is 0 Å². The fourth-order valence-corrected chi connectivity index (χ4v) is 2.88. The highest BCUT2D eigenvalue weighted by atomic mass is 35.5. The topological polar surface area (TPSA) is 62.1 Å². The molecule has 3 rings (SSSR count). The molecule has 0 aromatic heterocycles. The molecule has 0 bridgehead atoms. The fraction of sp³-hybridized carbons (Fsp3) is 0.0833. The highest BCUT2D eigenvalue weighted by Gasteiger charge is 2.10. The van der Waals surface area contributed by atoms with Crippen LogP contribution >= 0.6 is 11.6 Å². The number of para-hydroxylation sites is 1. The Morgan fingerprint density at radius 2 is 1.86 bits per heavy atom. The van der Waals surface area contributed by atoms with Gasteiger partial charge in [-0.25, -0.2) is 0 Å². The number of nitriles is 1. The van der Waals surface area contributed by atoms with E-state index in [0.29, 0.717) is 23.1 Å². The molecule has 0 fully saturated rings. The van der Waals surface area contributed by atoms with E-state index in [2.05, 4.69) is 5.32 Å². The molecule has 0 saturated carbocycles. The maximum atomic E-state index is 12.4. The van der Waals surface area contributed by atoms with Crippen LogP contribution in [0.25, 0.3) is 6.08 Å². The van der Waals surface area contributed by atoms with Crippen molar-refractivity contribution in [1.82, 2.24) is 0 Å². The van der Waals surface area contributed by atoms with Crippen molar-refractivity contribution in [2.75, 3.05) is 5.32 Å². The first-order chi connectivity index (χ1) is 14.0. The molecule has 0 atom stereocenters. The van der Waals surface area contributed by atoms with Crippen molar-refractivity contribution in [3.8, 4) is 11.8 Å². The van der Waals surface area contributed by atoms with Gasteiger partial charge in [-0.15, -0.1) is 0 Å². The first-order valence-corrected chi connectivity index (χ1v) is 9.39. The lowest BCUT2D eigenvalue weighted by atomic mass is 10.1. The van der Waals surface area contributed by atoms with Gasteiger partial charge in [-0.05, 0) is 60.0 Å². The molecular weight excluding hydrogens is 384 g/mol. The van der Waals surface area contributed by atoms with E-state index in [-0.39, 0.29) is 5.57 Å². The molecule has 0 radical (unpaired) electrons. The second-order valence-corrected chi connectivity index (χ2v) is 6.86. The Morgan fingerprint density at radius 1 is 1.10 bits per heavy atom. The quantitative estimate of drug-likeness (QED) is 0.420. The summed E-state index contributed by atoms with van der Waals surface area (Å²) in [4.78, 5) is 12.4. The van der Waals surface area contributed by atoms with Gasteiger partial charge in [0.15, 0.2) is 0 Å². The number of carbonyl (C=O) groups is 1. The molecule has 0 aliphatic heterocycles. The van der Waals surface area contributed by atoms with Crippen LogP contribution in [-0.4, -0.2) is 5.91 Å². The van der Waals surface area contributed by atoms with Crippen LogP contribution in [-0.2, 0) is 11.4 Å². The normalized spacial score (nSPS) is 10.9.